The van der Waals surface area contributed by atoms with Crippen LogP contribution in [0.2, 0.25) is 5.02 Å². The molecule has 1 unspecified atom stereocenters. The smallest absolute Gasteiger partial charge is 0.125 e. The largest absolute Gasteiger partial charge is 0.496 e. The minimum absolute atomic E-state index is 0.385. The third-order valence-corrected chi connectivity index (χ3v) is 4.75. The number of methoxy groups -OCH3 is 1. The zero-order valence-electron chi connectivity index (χ0n) is 13.3. The Morgan fingerprint density at radius 3 is 2.57 bits per heavy atom. The van der Waals surface area contributed by atoms with Crippen LogP contribution in [0.5, 0.6) is 5.75 Å². The maximum absolute atomic E-state index is 6.12. The Labute approximate surface area is 134 Å². The van der Waals surface area contributed by atoms with Crippen molar-refractivity contribution in [3.8, 4) is 5.75 Å². The van der Waals surface area contributed by atoms with Gasteiger partial charge in [-0.25, -0.2) is 0 Å². The lowest BCUT2D eigenvalue weighted by Gasteiger charge is -2.29. The number of halogens is 1. The molecule has 2 nitrogen and oxygen atoms in total. The van der Waals surface area contributed by atoms with Crippen molar-refractivity contribution in [2.75, 3.05) is 13.7 Å². The highest BCUT2D eigenvalue weighted by Gasteiger charge is 2.26. The Hall–Kier alpha value is -0.730. The van der Waals surface area contributed by atoms with Crippen molar-refractivity contribution >= 4 is 11.6 Å². The molecule has 0 amide bonds. The van der Waals surface area contributed by atoms with Crippen molar-refractivity contribution < 1.29 is 4.74 Å². The van der Waals surface area contributed by atoms with Crippen LogP contribution >= 0.6 is 11.6 Å². The van der Waals surface area contributed by atoms with Gasteiger partial charge in [-0.05, 0) is 43.9 Å². The van der Waals surface area contributed by atoms with E-state index in [-0.39, 0.29) is 0 Å². The van der Waals surface area contributed by atoms with Crippen LogP contribution in [0.15, 0.2) is 18.2 Å². The average Bonchev–Trinajstić information content (AvgIpc) is 2.78. The van der Waals surface area contributed by atoms with Gasteiger partial charge >= 0.3 is 0 Å². The van der Waals surface area contributed by atoms with Gasteiger partial charge in [0.1, 0.15) is 5.75 Å². The second kappa shape index (κ2) is 8.65. The van der Waals surface area contributed by atoms with Gasteiger partial charge in [-0.15, -0.1) is 0 Å². The zero-order valence-corrected chi connectivity index (χ0v) is 14.1. The molecule has 118 valence electrons. The van der Waals surface area contributed by atoms with Crippen molar-refractivity contribution in [3.63, 3.8) is 0 Å². The van der Waals surface area contributed by atoms with Crippen LogP contribution in [0.3, 0.4) is 0 Å². The summed E-state index contributed by atoms with van der Waals surface area (Å²) in [4.78, 5) is 0. The minimum Gasteiger partial charge on any atom is -0.496 e. The third kappa shape index (κ3) is 4.62. The van der Waals surface area contributed by atoms with E-state index < -0.39 is 0 Å². The summed E-state index contributed by atoms with van der Waals surface area (Å²) in [5, 5.41) is 4.50. The lowest BCUT2D eigenvalue weighted by atomic mass is 9.86. The fraction of sp³-hybridized carbons (Fsp3) is 0.667. The quantitative estimate of drug-likeness (QED) is 0.714. The van der Waals surface area contributed by atoms with E-state index >= 15 is 0 Å². The Morgan fingerprint density at radius 2 is 1.95 bits per heavy atom. The molecule has 0 saturated heterocycles. The molecule has 1 atom stereocenters. The first-order chi connectivity index (χ1) is 10.3. The van der Waals surface area contributed by atoms with Crippen molar-refractivity contribution in [1.29, 1.82) is 0 Å². The van der Waals surface area contributed by atoms with Crippen LogP contribution in [0.4, 0.5) is 0 Å². The molecule has 1 aliphatic carbocycles. The Balaban J connectivity index is 2.25. The molecule has 1 N–H and O–H groups in total. The lowest BCUT2D eigenvalue weighted by Crippen LogP contribution is -2.29. The molecule has 21 heavy (non-hydrogen) atoms. The first kappa shape index (κ1) is 16.6. The first-order valence-electron chi connectivity index (χ1n) is 8.33. The molecule has 0 spiro atoms. The summed E-state index contributed by atoms with van der Waals surface area (Å²) in [6.45, 7) is 3.27. The van der Waals surface area contributed by atoms with Crippen LogP contribution in [-0.2, 0) is 0 Å². The molecule has 1 saturated carbocycles. The van der Waals surface area contributed by atoms with Gasteiger partial charge in [0, 0.05) is 16.6 Å². The summed E-state index contributed by atoms with van der Waals surface area (Å²) in [5.74, 6) is 1.62. The molecule has 0 aliphatic heterocycles. The summed E-state index contributed by atoms with van der Waals surface area (Å²) < 4.78 is 5.58. The van der Waals surface area contributed by atoms with Crippen molar-refractivity contribution in [2.45, 2.75) is 57.9 Å². The Morgan fingerprint density at radius 1 is 1.24 bits per heavy atom. The number of hydrogen-bond donors (Lipinski definition) is 1. The van der Waals surface area contributed by atoms with E-state index in [0.717, 1.165) is 23.7 Å². The van der Waals surface area contributed by atoms with E-state index in [2.05, 4.69) is 18.3 Å². The van der Waals surface area contributed by atoms with Crippen LogP contribution in [-0.4, -0.2) is 13.7 Å². The van der Waals surface area contributed by atoms with Gasteiger partial charge in [0.05, 0.1) is 7.11 Å². The van der Waals surface area contributed by atoms with Gasteiger partial charge in [-0.3, -0.25) is 0 Å². The highest BCUT2D eigenvalue weighted by atomic mass is 35.5. The van der Waals surface area contributed by atoms with E-state index in [1.54, 1.807) is 7.11 Å². The fourth-order valence-corrected chi connectivity index (χ4v) is 3.58. The van der Waals surface area contributed by atoms with E-state index in [1.807, 2.05) is 12.1 Å². The van der Waals surface area contributed by atoms with Crippen LogP contribution in [0.25, 0.3) is 0 Å². The average molecular weight is 310 g/mol. The van der Waals surface area contributed by atoms with Gasteiger partial charge in [0.25, 0.3) is 0 Å². The van der Waals surface area contributed by atoms with Gasteiger partial charge in [0.2, 0.25) is 0 Å². The molecule has 0 heterocycles. The Kier molecular flexibility index (Phi) is 6.85. The third-order valence-electron chi connectivity index (χ3n) is 4.52. The predicted molar refractivity (Wildman–Crippen MR) is 90.2 cm³/mol. The molecule has 1 aromatic carbocycles. The van der Waals surface area contributed by atoms with E-state index in [4.69, 9.17) is 16.3 Å². The standard InChI is InChI=1S/C18H28ClNO/c1-3-12-20-18(14-8-6-4-5-7-9-14)16-11-10-15(19)13-17(16)21-2/h10-11,13-14,18,20H,3-9,12H2,1-2H3. The van der Waals surface area contributed by atoms with Gasteiger partial charge in [0.15, 0.2) is 0 Å². The number of hydrogen-bond acceptors (Lipinski definition) is 2. The van der Waals surface area contributed by atoms with E-state index in [9.17, 15) is 0 Å². The van der Waals surface area contributed by atoms with Gasteiger partial charge < -0.3 is 10.1 Å². The number of ether oxygens (including phenoxy) is 1. The summed E-state index contributed by atoms with van der Waals surface area (Å²) >= 11 is 6.12. The molecular weight excluding hydrogens is 282 g/mol. The van der Waals surface area contributed by atoms with E-state index in [0.29, 0.717) is 12.0 Å². The highest BCUT2D eigenvalue weighted by Crippen LogP contribution is 2.38. The summed E-state index contributed by atoms with van der Waals surface area (Å²) in [5.41, 5.74) is 1.27. The molecule has 0 radical (unpaired) electrons. The maximum Gasteiger partial charge on any atom is 0.125 e. The van der Waals surface area contributed by atoms with Crippen LogP contribution in [0.1, 0.15) is 63.5 Å². The van der Waals surface area contributed by atoms with Crippen molar-refractivity contribution in [2.24, 2.45) is 5.92 Å². The van der Waals surface area contributed by atoms with Gasteiger partial charge in [-0.2, -0.15) is 0 Å². The molecule has 2 rings (SSSR count). The molecular formula is C18H28ClNO. The maximum atomic E-state index is 6.12. The predicted octanol–water partition coefficient (Wildman–Crippen LogP) is 5.36. The normalized spacial score (nSPS) is 18.2. The van der Waals surface area contributed by atoms with Crippen LogP contribution < -0.4 is 10.1 Å². The molecule has 0 bridgehead atoms. The van der Waals surface area contributed by atoms with Crippen molar-refractivity contribution in [1.82, 2.24) is 5.32 Å². The second-order valence-corrected chi connectivity index (χ2v) is 6.51. The monoisotopic (exact) mass is 309 g/mol. The summed E-state index contributed by atoms with van der Waals surface area (Å²) in [7, 11) is 1.74. The molecule has 1 aliphatic rings. The number of nitrogens with one attached hydrogen (secondary N) is 1. The number of rotatable bonds is 6. The molecule has 3 heteroatoms. The fourth-order valence-electron chi connectivity index (χ4n) is 3.42. The topological polar surface area (TPSA) is 21.3 Å². The van der Waals surface area contributed by atoms with Gasteiger partial charge in [-0.1, -0.05) is 50.3 Å². The van der Waals surface area contributed by atoms with E-state index in [1.165, 1.54) is 44.1 Å². The summed E-state index contributed by atoms with van der Waals surface area (Å²) in [6.07, 6.45) is 9.25. The van der Waals surface area contributed by atoms with Crippen molar-refractivity contribution in [3.05, 3.63) is 28.8 Å². The SMILES string of the molecule is CCCNC(c1ccc(Cl)cc1OC)C1CCCCCC1. The molecule has 1 fully saturated rings. The highest BCUT2D eigenvalue weighted by molar-refractivity contribution is 6.30. The summed E-state index contributed by atoms with van der Waals surface area (Å²) in [6, 6.07) is 6.44. The van der Waals surface area contributed by atoms with Crippen LogP contribution in [0, 0.1) is 5.92 Å². The number of benzene rings is 1. The molecule has 1 aromatic rings. The first-order valence-corrected chi connectivity index (χ1v) is 8.71. The minimum atomic E-state index is 0.385. The second-order valence-electron chi connectivity index (χ2n) is 6.07. The zero-order chi connectivity index (χ0) is 15.1. The lowest BCUT2D eigenvalue weighted by molar-refractivity contribution is 0.313. The molecule has 0 aromatic heterocycles. The Bertz CT molecular complexity index is 427.